The fourth-order valence-corrected chi connectivity index (χ4v) is 6.64. The number of hydrogen-bond donors (Lipinski definition) is 2. The van der Waals surface area contributed by atoms with E-state index in [4.69, 9.17) is 9.47 Å². The zero-order chi connectivity index (χ0) is 32.8. The normalized spacial score (nSPS) is 18.7. The summed E-state index contributed by atoms with van der Waals surface area (Å²) in [6, 6.07) is -0.511. The summed E-state index contributed by atoms with van der Waals surface area (Å²) in [4.78, 5) is 15.3. The standard InChI is InChI=1S/C39H77NO5/c1-4-7-10-13-16-19-22-25-28-35(41)31-40-32-37(30-27-24-21-18-15-12-9-6-3)45-39(43)38(40)34-44-33-36(42)29-26-23-20-17-14-11-8-5-2/h35-38,41-42H,4-34H2,1-3H3. The molecule has 1 fully saturated rings. The van der Waals surface area contributed by atoms with Gasteiger partial charge < -0.3 is 19.7 Å². The van der Waals surface area contributed by atoms with Crippen molar-refractivity contribution in [3.8, 4) is 0 Å². The predicted molar refractivity (Wildman–Crippen MR) is 190 cm³/mol. The van der Waals surface area contributed by atoms with Crippen molar-refractivity contribution in [3.05, 3.63) is 0 Å². The monoisotopic (exact) mass is 640 g/mol. The van der Waals surface area contributed by atoms with E-state index in [0.29, 0.717) is 13.1 Å². The summed E-state index contributed by atoms with van der Waals surface area (Å²) in [6.45, 7) is 8.35. The number of aliphatic hydroxyl groups excluding tert-OH is 2. The number of esters is 1. The van der Waals surface area contributed by atoms with Gasteiger partial charge in [-0.1, -0.05) is 168 Å². The fourth-order valence-electron chi connectivity index (χ4n) is 6.64. The van der Waals surface area contributed by atoms with Gasteiger partial charge in [-0.2, -0.15) is 0 Å². The highest BCUT2D eigenvalue weighted by Gasteiger charge is 2.37. The maximum Gasteiger partial charge on any atom is 0.326 e. The van der Waals surface area contributed by atoms with E-state index < -0.39 is 18.2 Å². The Morgan fingerprint density at radius 2 is 1.07 bits per heavy atom. The number of hydrogen-bond acceptors (Lipinski definition) is 6. The first-order chi connectivity index (χ1) is 22.0. The van der Waals surface area contributed by atoms with E-state index in [1.807, 2.05) is 0 Å². The second-order valence-corrected chi connectivity index (χ2v) is 14.2. The van der Waals surface area contributed by atoms with Gasteiger partial charge in [0.05, 0.1) is 25.4 Å². The molecule has 0 aromatic heterocycles. The van der Waals surface area contributed by atoms with E-state index in [9.17, 15) is 15.0 Å². The molecule has 0 aromatic carbocycles. The average molecular weight is 640 g/mol. The zero-order valence-electron chi connectivity index (χ0n) is 30.3. The average Bonchev–Trinajstić information content (AvgIpc) is 3.02. The van der Waals surface area contributed by atoms with Crippen LogP contribution in [0.2, 0.25) is 0 Å². The molecule has 0 aliphatic carbocycles. The van der Waals surface area contributed by atoms with Gasteiger partial charge in [0, 0.05) is 13.1 Å². The first-order valence-electron chi connectivity index (χ1n) is 19.9. The summed E-state index contributed by atoms with van der Waals surface area (Å²) in [5, 5.41) is 21.4. The number of carbonyl (C=O) groups excluding carboxylic acids is 1. The number of morpholine rings is 1. The molecule has 4 atom stereocenters. The highest BCUT2D eigenvalue weighted by Crippen LogP contribution is 2.21. The van der Waals surface area contributed by atoms with Crippen molar-refractivity contribution in [2.24, 2.45) is 0 Å². The molecule has 1 heterocycles. The molecule has 0 radical (unpaired) electrons. The fraction of sp³-hybridized carbons (Fsp3) is 0.974. The van der Waals surface area contributed by atoms with Crippen molar-refractivity contribution in [1.29, 1.82) is 0 Å². The first kappa shape index (κ1) is 42.3. The molecule has 0 bridgehead atoms. The Morgan fingerprint density at radius 1 is 0.644 bits per heavy atom. The zero-order valence-corrected chi connectivity index (χ0v) is 30.3. The van der Waals surface area contributed by atoms with E-state index in [2.05, 4.69) is 25.7 Å². The van der Waals surface area contributed by atoms with Gasteiger partial charge >= 0.3 is 5.97 Å². The van der Waals surface area contributed by atoms with Crippen LogP contribution in [0.15, 0.2) is 0 Å². The van der Waals surface area contributed by atoms with Gasteiger partial charge in [0.1, 0.15) is 12.1 Å². The van der Waals surface area contributed by atoms with Crippen molar-refractivity contribution < 1.29 is 24.5 Å². The van der Waals surface area contributed by atoms with Crippen molar-refractivity contribution in [2.45, 2.75) is 218 Å². The largest absolute Gasteiger partial charge is 0.460 e. The van der Waals surface area contributed by atoms with Crippen LogP contribution in [0.4, 0.5) is 0 Å². The second kappa shape index (κ2) is 30.6. The van der Waals surface area contributed by atoms with E-state index in [1.54, 1.807) is 0 Å². The minimum absolute atomic E-state index is 0.114. The molecular weight excluding hydrogens is 562 g/mol. The maximum atomic E-state index is 13.2. The van der Waals surface area contributed by atoms with Gasteiger partial charge in [-0.3, -0.25) is 9.69 Å². The molecule has 6 heteroatoms. The SMILES string of the molecule is CCCCCCCCCCC(O)COCC1C(=O)OC(CCCCCCCCCC)CN1CC(O)CCCCCCCCCC. The van der Waals surface area contributed by atoms with Crippen LogP contribution in [0.5, 0.6) is 0 Å². The lowest BCUT2D eigenvalue weighted by atomic mass is 10.0. The van der Waals surface area contributed by atoms with E-state index in [-0.39, 0.29) is 25.3 Å². The molecule has 0 amide bonds. The Bertz CT molecular complexity index is 645. The maximum absolute atomic E-state index is 13.2. The van der Waals surface area contributed by atoms with Gasteiger partial charge in [-0.25, -0.2) is 0 Å². The van der Waals surface area contributed by atoms with Crippen molar-refractivity contribution in [1.82, 2.24) is 4.90 Å². The first-order valence-corrected chi connectivity index (χ1v) is 19.9. The Hall–Kier alpha value is -0.690. The topological polar surface area (TPSA) is 79.2 Å². The van der Waals surface area contributed by atoms with Crippen LogP contribution >= 0.6 is 0 Å². The summed E-state index contributed by atoms with van der Waals surface area (Å²) >= 11 is 0. The van der Waals surface area contributed by atoms with E-state index in [0.717, 1.165) is 51.4 Å². The number of carbonyl (C=O) groups is 1. The summed E-state index contributed by atoms with van der Waals surface area (Å²) in [6.07, 6.45) is 31.4. The Kier molecular flexibility index (Phi) is 28.8. The number of rotatable bonds is 33. The summed E-state index contributed by atoms with van der Waals surface area (Å²) in [5.74, 6) is -0.234. The molecule has 6 nitrogen and oxygen atoms in total. The summed E-state index contributed by atoms with van der Waals surface area (Å²) < 4.78 is 11.8. The molecule has 0 spiro atoms. The van der Waals surface area contributed by atoms with E-state index in [1.165, 1.54) is 122 Å². The number of unbranched alkanes of at least 4 members (excludes halogenated alkanes) is 21. The molecule has 0 aromatic rings. The molecule has 2 N–H and O–H groups in total. The number of ether oxygens (including phenoxy) is 2. The van der Waals surface area contributed by atoms with Gasteiger partial charge in [0.2, 0.25) is 0 Å². The van der Waals surface area contributed by atoms with E-state index >= 15 is 0 Å². The quantitative estimate of drug-likeness (QED) is 0.0550. The van der Waals surface area contributed by atoms with Crippen LogP contribution in [-0.2, 0) is 14.3 Å². The molecule has 1 aliphatic rings. The Labute approximate surface area is 279 Å². The van der Waals surface area contributed by atoms with Crippen molar-refractivity contribution in [2.75, 3.05) is 26.3 Å². The van der Waals surface area contributed by atoms with Crippen LogP contribution in [-0.4, -0.2) is 71.7 Å². The number of nitrogens with zero attached hydrogens (tertiary/aromatic N) is 1. The Balaban J connectivity index is 2.45. The number of β-amino-alcohol motifs (C(OH)–C–C–N with tert-alkyl or cyclic N) is 1. The van der Waals surface area contributed by atoms with Gasteiger partial charge in [0.15, 0.2) is 0 Å². The number of aliphatic hydroxyl groups is 2. The second-order valence-electron chi connectivity index (χ2n) is 14.2. The molecule has 1 rings (SSSR count). The van der Waals surface area contributed by atoms with Crippen molar-refractivity contribution >= 4 is 5.97 Å². The molecule has 1 saturated heterocycles. The lowest BCUT2D eigenvalue weighted by Gasteiger charge is -2.39. The minimum atomic E-state index is -0.511. The van der Waals surface area contributed by atoms with Gasteiger partial charge in [-0.15, -0.1) is 0 Å². The van der Waals surface area contributed by atoms with Gasteiger partial charge in [0.25, 0.3) is 0 Å². The van der Waals surface area contributed by atoms with Crippen LogP contribution in [0.25, 0.3) is 0 Å². The van der Waals surface area contributed by atoms with Gasteiger partial charge in [-0.05, 0) is 25.7 Å². The molecule has 1 aliphatic heterocycles. The van der Waals surface area contributed by atoms with Crippen LogP contribution in [0.1, 0.15) is 194 Å². The Morgan fingerprint density at radius 3 is 1.56 bits per heavy atom. The summed E-state index contributed by atoms with van der Waals surface area (Å²) in [5.41, 5.74) is 0. The third-order valence-electron chi connectivity index (χ3n) is 9.63. The molecular formula is C39H77NO5. The highest BCUT2D eigenvalue weighted by molar-refractivity contribution is 5.77. The lowest BCUT2D eigenvalue weighted by molar-refractivity contribution is -0.172. The third-order valence-corrected chi connectivity index (χ3v) is 9.63. The molecule has 0 saturated carbocycles. The predicted octanol–water partition coefficient (Wildman–Crippen LogP) is 9.91. The molecule has 4 unspecified atom stereocenters. The molecule has 268 valence electrons. The summed E-state index contributed by atoms with van der Waals surface area (Å²) in [7, 11) is 0. The van der Waals surface area contributed by atoms with Crippen LogP contribution in [0, 0.1) is 0 Å². The van der Waals surface area contributed by atoms with Crippen LogP contribution < -0.4 is 0 Å². The smallest absolute Gasteiger partial charge is 0.326 e. The van der Waals surface area contributed by atoms with Crippen molar-refractivity contribution in [3.63, 3.8) is 0 Å². The third kappa shape index (κ3) is 24.2. The molecule has 45 heavy (non-hydrogen) atoms. The lowest BCUT2D eigenvalue weighted by Crippen LogP contribution is -2.56. The van der Waals surface area contributed by atoms with Crippen LogP contribution in [0.3, 0.4) is 0 Å². The minimum Gasteiger partial charge on any atom is -0.460 e. The number of cyclic esters (lactones) is 1. The highest BCUT2D eigenvalue weighted by atomic mass is 16.6.